The van der Waals surface area contributed by atoms with Gasteiger partial charge in [-0.3, -0.25) is 9.69 Å². The number of carbonyl (C=O) groups is 1. The Bertz CT molecular complexity index is 575. The molecule has 2 rings (SSSR count). The highest BCUT2D eigenvalue weighted by molar-refractivity contribution is 5.70. The Morgan fingerprint density at radius 2 is 2.09 bits per heavy atom. The molecule has 1 aliphatic heterocycles. The average Bonchev–Trinajstić information content (AvgIpc) is 2.46. The lowest BCUT2D eigenvalue weighted by molar-refractivity contribution is -0.143. The van der Waals surface area contributed by atoms with Crippen molar-refractivity contribution in [2.24, 2.45) is 5.92 Å². The summed E-state index contributed by atoms with van der Waals surface area (Å²) in [5.74, 6) is 0.0171. The van der Waals surface area contributed by atoms with Crippen LogP contribution in [0, 0.1) is 12.8 Å². The summed E-state index contributed by atoms with van der Waals surface area (Å²) >= 11 is 0. The van der Waals surface area contributed by atoms with Crippen LogP contribution >= 0.6 is 0 Å². The fourth-order valence-electron chi connectivity index (χ4n) is 3.41. The molecule has 0 aliphatic carbocycles. The second kappa shape index (κ2) is 6.91. The molecular formula is C19H29NO3. The van der Waals surface area contributed by atoms with Crippen molar-refractivity contribution in [3.05, 3.63) is 28.8 Å². The molecule has 4 heteroatoms. The van der Waals surface area contributed by atoms with Crippen molar-refractivity contribution in [1.82, 2.24) is 4.90 Å². The number of methoxy groups -OCH3 is 1. The molecule has 0 radical (unpaired) electrons. The van der Waals surface area contributed by atoms with E-state index in [0.717, 1.165) is 37.2 Å². The first-order valence-electron chi connectivity index (χ1n) is 8.35. The lowest BCUT2D eigenvalue weighted by Crippen LogP contribution is -2.38. The van der Waals surface area contributed by atoms with Crippen LogP contribution in [0.3, 0.4) is 0 Å². The van der Waals surface area contributed by atoms with Crippen molar-refractivity contribution in [3.8, 4) is 5.75 Å². The molecule has 1 unspecified atom stereocenters. The molecule has 1 aromatic rings. The van der Waals surface area contributed by atoms with Crippen LogP contribution in [0.25, 0.3) is 0 Å². The molecular weight excluding hydrogens is 290 g/mol. The maximum Gasteiger partial charge on any atom is 0.307 e. The second-order valence-corrected chi connectivity index (χ2v) is 7.67. The molecule has 1 N–H and O–H groups in total. The highest BCUT2D eigenvalue weighted by Gasteiger charge is 2.27. The van der Waals surface area contributed by atoms with Crippen molar-refractivity contribution in [3.63, 3.8) is 0 Å². The predicted molar refractivity (Wildman–Crippen MR) is 92.1 cm³/mol. The summed E-state index contributed by atoms with van der Waals surface area (Å²) in [7, 11) is 1.72. The number of ether oxygens (including phenoxy) is 1. The number of hydrogen-bond acceptors (Lipinski definition) is 3. The molecule has 0 amide bonds. The number of benzene rings is 1. The van der Waals surface area contributed by atoms with Crippen molar-refractivity contribution in [2.75, 3.05) is 20.2 Å². The Balaban J connectivity index is 2.29. The van der Waals surface area contributed by atoms with Gasteiger partial charge in [0, 0.05) is 24.2 Å². The zero-order valence-electron chi connectivity index (χ0n) is 15.0. The third-order valence-corrected chi connectivity index (χ3v) is 4.57. The molecule has 1 heterocycles. The van der Waals surface area contributed by atoms with Gasteiger partial charge in [0.25, 0.3) is 0 Å². The summed E-state index contributed by atoms with van der Waals surface area (Å²) in [6.07, 6.45) is 1.72. The maximum atomic E-state index is 11.3. The summed E-state index contributed by atoms with van der Waals surface area (Å²) in [5.41, 5.74) is 3.60. The predicted octanol–water partition coefficient (Wildman–Crippen LogP) is 3.60. The van der Waals surface area contributed by atoms with E-state index in [1.54, 1.807) is 7.11 Å². The third-order valence-electron chi connectivity index (χ3n) is 4.57. The molecule has 1 saturated heterocycles. The SMILES string of the molecule is COc1c(CN2CCCC(C(=O)O)C2)cc(C)cc1C(C)(C)C. The van der Waals surface area contributed by atoms with Crippen LogP contribution in [0.1, 0.15) is 50.3 Å². The minimum absolute atomic E-state index is 0.0115. The van der Waals surface area contributed by atoms with E-state index in [9.17, 15) is 9.90 Å². The van der Waals surface area contributed by atoms with Crippen molar-refractivity contribution in [2.45, 2.75) is 52.5 Å². The number of nitrogens with zero attached hydrogens (tertiary/aromatic N) is 1. The minimum atomic E-state index is -0.679. The Hall–Kier alpha value is -1.55. The number of aliphatic carboxylic acids is 1. The van der Waals surface area contributed by atoms with E-state index in [2.05, 4.69) is 44.7 Å². The van der Waals surface area contributed by atoms with E-state index >= 15 is 0 Å². The number of carboxylic acid groups (broad SMARTS) is 1. The minimum Gasteiger partial charge on any atom is -0.496 e. The van der Waals surface area contributed by atoms with Crippen molar-refractivity contribution >= 4 is 5.97 Å². The summed E-state index contributed by atoms with van der Waals surface area (Å²) < 4.78 is 5.73. The number of likely N-dealkylation sites (tertiary alicyclic amines) is 1. The number of hydrogen-bond donors (Lipinski definition) is 1. The topological polar surface area (TPSA) is 49.8 Å². The van der Waals surface area contributed by atoms with Gasteiger partial charge < -0.3 is 9.84 Å². The Morgan fingerprint density at radius 3 is 2.65 bits per heavy atom. The summed E-state index contributed by atoms with van der Waals surface area (Å²) in [6, 6.07) is 4.36. The fraction of sp³-hybridized carbons (Fsp3) is 0.632. The quantitative estimate of drug-likeness (QED) is 0.921. The Labute approximate surface area is 139 Å². The highest BCUT2D eigenvalue weighted by atomic mass is 16.5. The summed E-state index contributed by atoms with van der Waals surface area (Å²) in [6.45, 7) is 11.0. The van der Waals surface area contributed by atoms with Crippen LogP contribution in [-0.4, -0.2) is 36.2 Å². The zero-order valence-corrected chi connectivity index (χ0v) is 15.0. The van der Waals surface area contributed by atoms with Gasteiger partial charge in [-0.15, -0.1) is 0 Å². The van der Waals surface area contributed by atoms with E-state index in [1.807, 2.05) is 0 Å². The normalized spacial score (nSPS) is 19.6. The van der Waals surface area contributed by atoms with Crippen LogP contribution in [-0.2, 0) is 16.8 Å². The van der Waals surface area contributed by atoms with E-state index in [1.165, 1.54) is 11.1 Å². The monoisotopic (exact) mass is 319 g/mol. The van der Waals surface area contributed by atoms with Gasteiger partial charge >= 0.3 is 5.97 Å². The number of piperidine rings is 1. The van der Waals surface area contributed by atoms with E-state index in [-0.39, 0.29) is 11.3 Å². The molecule has 0 saturated carbocycles. The van der Waals surface area contributed by atoms with Gasteiger partial charge in [0.1, 0.15) is 5.75 Å². The molecule has 1 fully saturated rings. The lowest BCUT2D eigenvalue weighted by Gasteiger charge is -2.32. The first-order valence-corrected chi connectivity index (χ1v) is 8.35. The van der Waals surface area contributed by atoms with Gasteiger partial charge in [0.05, 0.1) is 13.0 Å². The van der Waals surface area contributed by atoms with Gasteiger partial charge in [0.15, 0.2) is 0 Å². The Kier molecular flexibility index (Phi) is 5.35. The molecule has 4 nitrogen and oxygen atoms in total. The molecule has 0 spiro atoms. The van der Waals surface area contributed by atoms with E-state index < -0.39 is 5.97 Å². The molecule has 0 bridgehead atoms. The van der Waals surface area contributed by atoms with Crippen LogP contribution < -0.4 is 4.74 Å². The first kappa shape index (κ1) is 17.8. The average molecular weight is 319 g/mol. The molecule has 128 valence electrons. The fourth-order valence-corrected chi connectivity index (χ4v) is 3.41. The standard InChI is InChI=1S/C19H29NO3/c1-13-9-15(17(23-5)16(10-13)19(2,3)4)12-20-8-6-7-14(11-20)18(21)22/h9-10,14H,6-8,11-12H2,1-5H3,(H,21,22). The van der Waals surface area contributed by atoms with Gasteiger partial charge in [-0.2, -0.15) is 0 Å². The third kappa shape index (κ3) is 4.25. The number of carboxylic acids is 1. The molecule has 23 heavy (non-hydrogen) atoms. The number of rotatable bonds is 4. The van der Waals surface area contributed by atoms with Crippen molar-refractivity contribution < 1.29 is 14.6 Å². The largest absolute Gasteiger partial charge is 0.496 e. The van der Waals surface area contributed by atoms with Crippen LogP contribution in [0.2, 0.25) is 0 Å². The van der Waals surface area contributed by atoms with Crippen LogP contribution in [0.5, 0.6) is 5.75 Å². The highest BCUT2D eigenvalue weighted by Crippen LogP contribution is 2.36. The molecule has 0 aromatic heterocycles. The van der Waals surface area contributed by atoms with Gasteiger partial charge in [-0.1, -0.05) is 38.5 Å². The van der Waals surface area contributed by atoms with Gasteiger partial charge in [-0.05, 0) is 31.7 Å². The maximum absolute atomic E-state index is 11.3. The molecule has 1 atom stereocenters. The molecule has 1 aliphatic rings. The first-order chi connectivity index (χ1) is 10.7. The summed E-state index contributed by atoms with van der Waals surface area (Å²) in [5, 5.41) is 9.27. The lowest BCUT2D eigenvalue weighted by atomic mass is 9.84. The number of aryl methyl sites for hydroxylation is 1. The van der Waals surface area contributed by atoms with Gasteiger partial charge in [0.2, 0.25) is 0 Å². The van der Waals surface area contributed by atoms with E-state index in [0.29, 0.717) is 6.54 Å². The van der Waals surface area contributed by atoms with Crippen LogP contribution in [0.4, 0.5) is 0 Å². The Morgan fingerprint density at radius 1 is 1.39 bits per heavy atom. The zero-order chi connectivity index (χ0) is 17.2. The van der Waals surface area contributed by atoms with E-state index in [4.69, 9.17) is 4.74 Å². The second-order valence-electron chi connectivity index (χ2n) is 7.67. The molecule has 1 aromatic carbocycles. The summed E-state index contributed by atoms with van der Waals surface area (Å²) in [4.78, 5) is 13.5. The smallest absolute Gasteiger partial charge is 0.307 e. The van der Waals surface area contributed by atoms with Gasteiger partial charge in [-0.25, -0.2) is 0 Å². The van der Waals surface area contributed by atoms with Crippen LogP contribution in [0.15, 0.2) is 12.1 Å². The van der Waals surface area contributed by atoms with Crippen molar-refractivity contribution in [1.29, 1.82) is 0 Å².